The Morgan fingerprint density at radius 3 is 2.52 bits per heavy atom. The molecular weight excluding hydrogens is 393 g/mol. The van der Waals surface area contributed by atoms with Crippen LogP contribution in [0, 0.1) is 5.82 Å². The van der Waals surface area contributed by atoms with Crippen molar-refractivity contribution in [2.24, 2.45) is 0 Å². The predicted molar refractivity (Wildman–Crippen MR) is 111 cm³/mol. The van der Waals surface area contributed by atoms with Crippen molar-refractivity contribution in [3.63, 3.8) is 0 Å². The highest BCUT2D eigenvalue weighted by atomic mass is 32.1. The molecule has 0 bridgehead atoms. The normalized spacial score (nSPS) is 14.2. The van der Waals surface area contributed by atoms with E-state index in [2.05, 4.69) is 10.00 Å². The number of rotatable bonds is 4. The zero-order valence-corrected chi connectivity index (χ0v) is 16.4. The molecule has 1 aliphatic rings. The smallest absolute Gasteiger partial charge is 0.290 e. The Balaban J connectivity index is 1.44. The molecule has 4 rings (SSSR count). The molecule has 150 valence electrons. The van der Waals surface area contributed by atoms with Crippen LogP contribution in [-0.4, -0.2) is 46.8 Å². The van der Waals surface area contributed by atoms with E-state index >= 15 is 0 Å². The Labute approximate surface area is 170 Å². The minimum Gasteiger partial charge on any atom is -0.394 e. The fraction of sp³-hybridized carbons (Fsp3) is 0.250. The number of halogens is 1. The van der Waals surface area contributed by atoms with E-state index in [9.17, 15) is 14.0 Å². The molecule has 1 aliphatic heterocycles. The maximum absolute atomic E-state index is 13.1. The molecule has 0 radical (unpaired) electrons. The SMILES string of the molecule is Nc1cc(-c2cccs2)nn(CC(=O)N2CCN(c3ccc(F)cc3)CC2)c1=O. The number of piperazine rings is 1. The predicted octanol–water partition coefficient (Wildman–Crippen LogP) is 2.04. The lowest BCUT2D eigenvalue weighted by Crippen LogP contribution is -2.50. The number of nitrogen functional groups attached to an aromatic ring is 1. The van der Waals surface area contributed by atoms with E-state index in [0.717, 1.165) is 15.2 Å². The average molecular weight is 413 g/mol. The first-order valence-corrected chi connectivity index (χ1v) is 10.1. The van der Waals surface area contributed by atoms with Gasteiger partial charge >= 0.3 is 0 Å². The second-order valence-electron chi connectivity index (χ2n) is 6.77. The second kappa shape index (κ2) is 8.04. The maximum Gasteiger partial charge on any atom is 0.290 e. The summed E-state index contributed by atoms with van der Waals surface area (Å²) in [5.74, 6) is -0.453. The number of hydrogen-bond donors (Lipinski definition) is 1. The number of nitrogens with two attached hydrogens (primary N) is 1. The number of thiophene rings is 1. The van der Waals surface area contributed by atoms with Crippen molar-refractivity contribution in [3.05, 3.63) is 64.0 Å². The molecule has 2 N–H and O–H groups in total. The molecule has 1 aromatic carbocycles. The van der Waals surface area contributed by atoms with Crippen molar-refractivity contribution in [1.29, 1.82) is 0 Å². The van der Waals surface area contributed by atoms with Crippen molar-refractivity contribution >= 4 is 28.6 Å². The molecule has 3 heterocycles. The van der Waals surface area contributed by atoms with Crippen LogP contribution in [0.15, 0.2) is 52.6 Å². The number of carbonyl (C=O) groups excluding carboxylic acids is 1. The summed E-state index contributed by atoms with van der Waals surface area (Å²) in [6.07, 6.45) is 0. The van der Waals surface area contributed by atoms with Gasteiger partial charge in [-0.1, -0.05) is 6.07 Å². The zero-order valence-electron chi connectivity index (χ0n) is 15.6. The van der Waals surface area contributed by atoms with E-state index in [4.69, 9.17) is 5.73 Å². The Kier molecular flexibility index (Phi) is 5.30. The molecule has 0 unspecified atom stereocenters. The minimum atomic E-state index is -0.469. The van der Waals surface area contributed by atoms with Crippen molar-refractivity contribution in [1.82, 2.24) is 14.7 Å². The van der Waals surface area contributed by atoms with Gasteiger partial charge in [0.2, 0.25) is 5.91 Å². The van der Waals surface area contributed by atoms with Crippen LogP contribution in [0.2, 0.25) is 0 Å². The van der Waals surface area contributed by atoms with Gasteiger partial charge in [-0.2, -0.15) is 5.10 Å². The highest BCUT2D eigenvalue weighted by Crippen LogP contribution is 2.22. The third kappa shape index (κ3) is 4.14. The molecule has 2 aromatic heterocycles. The van der Waals surface area contributed by atoms with Gasteiger partial charge in [-0.05, 0) is 41.8 Å². The number of amides is 1. The largest absolute Gasteiger partial charge is 0.394 e. The molecule has 9 heteroatoms. The molecular formula is C20H20FN5O2S. The van der Waals surface area contributed by atoms with E-state index < -0.39 is 5.56 Å². The van der Waals surface area contributed by atoms with E-state index in [1.807, 2.05) is 17.5 Å². The lowest BCUT2D eigenvalue weighted by molar-refractivity contribution is -0.132. The van der Waals surface area contributed by atoms with Crippen molar-refractivity contribution in [2.75, 3.05) is 36.8 Å². The van der Waals surface area contributed by atoms with E-state index in [0.29, 0.717) is 31.9 Å². The standard InChI is InChI=1S/C20H20FN5O2S/c21-14-3-5-15(6-4-14)24-7-9-25(10-8-24)19(27)13-26-20(28)16(22)12-17(23-26)18-2-1-11-29-18/h1-6,11-12H,7-10,13,22H2. The third-order valence-corrected chi connectivity index (χ3v) is 5.78. The van der Waals surface area contributed by atoms with Crippen molar-refractivity contribution < 1.29 is 9.18 Å². The van der Waals surface area contributed by atoms with E-state index in [-0.39, 0.29) is 24.0 Å². The molecule has 0 aliphatic carbocycles. The molecule has 0 saturated carbocycles. The number of anilines is 2. The highest BCUT2D eigenvalue weighted by molar-refractivity contribution is 7.13. The molecule has 0 spiro atoms. The van der Waals surface area contributed by atoms with Crippen molar-refractivity contribution in [2.45, 2.75) is 6.54 Å². The summed E-state index contributed by atoms with van der Waals surface area (Å²) >= 11 is 1.49. The van der Waals surface area contributed by atoms with Crippen LogP contribution < -0.4 is 16.2 Å². The topological polar surface area (TPSA) is 84.5 Å². The van der Waals surface area contributed by atoms with Crippen LogP contribution in [0.5, 0.6) is 0 Å². The third-order valence-electron chi connectivity index (χ3n) is 4.88. The van der Waals surface area contributed by atoms with Crippen LogP contribution in [-0.2, 0) is 11.3 Å². The quantitative estimate of drug-likeness (QED) is 0.708. The molecule has 7 nitrogen and oxygen atoms in total. The van der Waals surface area contributed by atoms with Gasteiger partial charge in [0.1, 0.15) is 23.7 Å². The molecule has 29 heavy (non-hydrogen) atoms. The average Bonchev–Trinajstić information content (AvgIpc) is 3.27. The lowest BCUT2D eigenvalue weighted by atomic mass is 10.2. The van der Waals surface area contributed by atoms with Gasteiger partial charge in [-0.3, -0.25) is 9.59 Å². The van der Waals surface area contributed by atoms with Gasteiger partial charge in [-0.15, -0.1) is 11.3 Å². The van der Waals surface area contributed by atoms with Crippen molar-refractivity contribution in [3.8, 4) is 10.6 Å². The summed E-state index contributed by atoms with van der Waals surface area (Å²) in [5, 5.41) is 6.23. The minimum absolute atomic E-state index is 0.0670. The summed E-state index contributed by atoms with van der Waals surface area (Å²) in [5.41, 5.74) is 6.94. The monoisotopic (exact) mass is 413 g/mol. The number of carbonyl (C=O) groups is 1. The molecule has 1 saturated heterocycles. The molecule has 3 aromatic rings. The number of aromatic nitrogens is 2. The van der Waals surface area contributed by atoms with Crippen LogP contribution in [0.4, 0.5) is 15.8 Å². The summed E-state index contributed by atoms with van der Waals surface area (Å²) in [4.78, 5) is 29.8. The Morgan fingerprint density at radius 2 is 1.86 bits per heavy atom. The molecule has 1 fully saturated rings. The summed E-state index contributed by atoms with van der Waals surface area (Å²) in [7, 11) is 0. The first-order chi connectivity index (χ1) is 14.0. The number of nitrogens with zero attached hydrogens (tertiary/aromatic N) is 4. The van der Waals surface area contributed by atoms with Crippen LogP contribution in [0.3, 0.4) is 0 Å². The van der Waals surface area contributed by atoms with Gasteiger partial charge in [0.25, 0.3) is 5.56 Å². The van der Waals surface area contributed by atoms with Crippen LogP contribution in [0.1, 0.15) is 0 Å². The summed E-state index contributed by atoms with van der Waals surface area (Å²) in [6.45, 7) is 2.16. The molecule has 1 amide bonds. The van der Waals surface area contributed by atoms with Crippen LogP contribution >= 0.6 is 11.3 Å². The Bertz CT molecular complexity index is 1060. The number of benzene rings is 1. The van der Waals surface area contributed by atoms with Gasteiger partial charge in [0.05, 0.1) is 4.88 Å². The first kappa shape index (κ1) is 19.1. The van der Waals surface area contributed by atoms with Gasteiger partial charge in [0.15, 0.2) is 0 Å². The Morgan fingerprint density at radius 1 is 1.14 bits per heavy atom. The van der Waals surface area contributed by atoms with Crippen LogP contribution in [0.25, 0.3) is 10.6 Å². The van der Waals surface area contributed by atoms with Gasteiger partial charge < -0.3 is 15.5 Å². The Hall–Kier alpha value is -3.20. The second-order valence-corrected chi connectivity index (χ2v) is 7.72. The van der Waals surface area contributed by atoms with Gasteiger partial charge in [0, 0.05) is 31.9 Å². The first-order valence-electron chi connectivity index (χ1n) is 9.21. The summed E-state index contributed by atoms with van der Waals surface area (Å²) in [6, 6.07) is 11.6. The van der Waals surface area contributed by atoms with E-state index in [1.165, 1.54) is 29.5 Å². The number of hydrogen-bond acceptors (Lipinski definition) is 6. The van der Waals surface area contributed by atoms with E-state index in [1.54, 1.807) is 17.0 Å². The maximum atomic E-state index is 13.1. The van der Waals surface area contributed by atoms with Gasteiger partial charge in [-0.25, -0.2) is 9.07 Å². The fourth-order valence-electron chi connectivity index (χ4n) is 3.31. The molecule has 0 atom stereocenters. The highest BCUT2D eigenvalue weighted by Gasteiger charge is 2.22. The zero-order chi connectivity index (χ0) is 20.4. The lowest BCUT2D eigenvalue weighted by Gasteiger charge is -2.36. The fourth-order valence-corrected chi connectivity index (χ4v) is 3.99. The summed E-state index contributed by atoms with van der Waals surface area (Å²) < 4.78 is 14.2.